The maximum absolute atomic E-state index is 5.50. The zero-order chi connectivity index (χ0) is 13.5. The van der Waals surface area contributed by atoms with E-state index in [2.05, 4.69) is 17.3 Å². The molecule has 19 heavy (non-hydrogen) atoms. The van der Waals surface area contributed by atoms with E-state index in [-0.39, 0.29) is 0 Å². The van der Waals surface area contributed by atoms with Crippen molar-refractivity contribution in [1.82, 2.24) is 15.1 Å². The van der Waals surface area contributed by atoms with Gasteiger partial charge in [0.15, 0.2) is 0 Å². The van der Waals surface area contributed by atoms with E-state index in [1.807, 2.05) is 48.1 Å². The molecule has 0 radical (unpaired) electrons. The summed E-state index contributed by atoms with van der Waals surface area (Å²) >= 11 is 0. The fraction of sp³-hybridized carbons (Fsp3) is 0.400. The molecule has 0 fully saturated rings. The summed E-state index contributed by atoms with van der Waals surface area (Å²) < 4.78 is 7.38. The fourth-order valence-corrected chi connectivity index (χ4v) is 1.88. The Morgan fingerprint density at radius 3 is 2.95 bits per heavy atom. The average molecular weight is 259 g/mol. The van der Waals surface area contributed by atoms with E-state index < -0.39 is 0 Å². The number of ether oxygens (including phenoxy) is 1. The second kappa shape index (κ2) is 6.95. The number of rotatable bonds is 7. The maximum atomic E-state index is 5.50. The first kappa shape index (κ1) is 13.6. The van der Waals surface area contributed by atoms with E-state index in [1.165, 1.54) is 0 Å². The van der Waals surface area contributed by atoms with Crippen molar-refractivity contribution in [2.75, 3.05) is 13.2 Å². The van der Waals surface area contributed by atoms with Crippen LogP contribution in [0.15, 0.2) is 36.5 Å². The van der Waals surface area contributed by atoms with Gasteiger partial charge in [-0.2, -0.15) is 5.10 Å². The van der Waals surface area contributed by atoms with Crippen molar-refractivity contribution in [3.63, 3.8) is 0 Å². The molecule has 0 unspecified atom stereocenters. The highest BCUT2D eigenvalue weighted by Crippen LogP contribution is 2.16. The summed E-state index contributed by atoms with van der Waals surface area (Å²) in [5.74, 6) is 0.876. The molecule has 0 amide bonds. The average Bonchev–Trinajstić information content (AvgIpc) is 2.89. The molecule has 0 saturated carbocycles. The van der Waals surface area contributed by atoms with Gasteiger partial charge in [0.25, 0.3) is 0 Å². The Morgan fingerprint density at radius 1 is 1.26 bits per heavy atom. The van der Waals surface area contributed by atoms with Crippen LogP contribution in [0.1, 0.15) is 26.0 Å². The van der Waals surface area contributed by atoms with Gasteiger partial charge < -0.3 is 10.1 Å². The minimum absolute atomic E-state index is 0.675. The van der Waals surface area contributed by atoms with Crippen molar-refractivity contribution < 1.29 is 4.74 Å². The van der Waals surface area contributed by atoms with Gasteiger partial charge in [-0.15, -0.1) is 0 Å². The van der Waals surface area contributed by atoms with Crippen molar-refractivity contribution in [3.05, 3.63) is 42.2 Å². The van der Waals surface area contributed by atoms with Crippen molar-refractivity contribution >= 4 is 0 Å². The molecular formula is C15H21N3O. The lowest BCUT2D eigenvalue weighted by Gasteiger charge is -2.06. The summed E-state index contributed by atoms with van der Waals surface area (Å²) in [4.78, 5) is 0. The van der Waals surface area contributed by atoms with Crippen LogP contribution in [0, 0.1) is 0 Å². The molecule has 0 spiro atoms. The number of benzene rings is 1. The molecule has 2 aromatic rings. The van der Waals surface area contributed by atoms with Gasteiger partial charge in [-0.3, -0.25) is 0 Å². The van der Waals surface area contributed by atoms with E-state index in [1.54, 1.807) is 0 Å². The van der Waals surface area contributed by atoms with Gasteiger partial charge in [0.05, 0.1) is 18.0 Å². The molecule has 2 rings (SSSR count). The van der Waals surface area contributed by atoms with Crippen LogP contribution in [0.5, 0.6) is 5.75 Å². The molecule has 0 aliphatic rings. The minimum Gasteiger partial charge on any atom is -0.494 e. The highest BCUT2D eigenvalue weighted by Gasteiger charge is 2.02. The van der Waals surface area contributed by atoms with Crippen LogP contribution < -0.4 is 10.1 Å². The quantitative estimate of drug-likeness (QED) is 0.777. The molecule has 0 aliphatic carbocycles. The predicted octanol–water partition coefficient (Wildman–Crippen LogP) is 2.77. The summed E-state index contributed by atoms with van der Waals surface area (Å²) in [6, 6.07) is 10.0. The van der Waals surface area contributed by atoms with Crippen LogP contribution in [0.3, 0.4) is 0 Å². The Labute approximate surface area is 114 Å². The van der Waals surface area contributed by atoms with Crippen molar-refractivity contribution in [2.24, 2.45) is 0 Å². The minimum atomic E-state index is 0.675. The van der Waals surface area contributed by atoms with Gasteiger partial charge in [-0.1, -0.05) is 13.0 Å². The van der Waals surface area contributed by atoms with E-state index in [4.69, 9.17) is 4.74 Å². The summed E-state index contributed by atoms with van der Waals surface area (Å²) in [7, 11) is 0. The molecule has 102 valence electrons. The van der Waals surface area contributed by atoms with Gasteiger partial charge in [-0.05, 0) is 38.1 Å². The lowest BCUT2D eigenvalue weighted by molar-refractivity contribution is 0.340. The van der Waals surface area contributed by atoms with E-state index in [9.17, 15) is 0 Å². The van der Waals surface area contributed by atoms with Crippen LogP contribution >= 0.6 is 0 Å². The van der Waals surface area contributed by atoms with E-state index in [0.717, 1.165) is 36.6 Å². The van der Waals surface area contributed by atoms with E-state index >= 15 is 0 Å². The second-order valence-electron chi connectivity index (χ2n) is 4.36. The highest BCUT2D eigenvalue weighted by atomic mass is 16.5. The van der Waals surface area contributed by atoms with Gasteiger partial charge in [0, 0.05) is 18.8 Å². The molecule has 0 atom stereocenters. The van der Waals surface area contributed by atoms with Crippen LogP contribution in [0.4, 0.5) is 0 Å². The molecular weight excluding hydrogens is 238 g/mol. The standard InChI is InChI=1S/C15H21N3O/c1-3-9-16-12-13-8-10-18(17-13)14-6-5-7-15(11-14)19-4-2/h5-8,10-11,16H,3-4,9,12H2,1-2H3. The lowest BCUT2D eigenvalue weighted by atomic mass is 10.3. The van der Waals surface area contributed by atoms with Gasteiger partial charge >= 0.3 is 0 Å². The molecule has 4 nitrogen and oxygen atoms in total. The molecule has 0 saturated heterocycles. The molecule has 1 N–H and O–H groups in total. The second-order valence-corrected chi connectivity index (χ2v) is 4.36. The maximum Gasteiger partial charge on any atom is 0.121 e. The fourth-order valence-electron chi connectivity index (χ4n) is 1.88. The Bertz CT molecular complexity index is 508. The van der Waals surface area contributed by atoms with Gasteiger partial charge in [-0.25, -0.2) is 4.68 Å². The Morgan fingerprint density at radius 2 is 2.16 bits per heavy atom. The number of hydrogen-bond donors (Lipinski definition) is 1. The van der Waals surface area contributed by atoms with Crippen molar-refractivity contribution in [1.29, 1.82) is 0 Å². The zero-order valence-corrected chi connectivity index (χ0v) is 11.6. The zero-order valence-electron chi connectivity index (χ0n) is 11.6. The first-order chi connectivity index (χ1) is 9.33. The third kappa shape index (κ3) is 3.83. The number of hydrogen-bond acceptors (Lipinski definition) is 3. The van der Waals surface area contributed by atoms with Crippen LogP contribution in [0.25, 0.3) is 5.69 Å². The van der Waals surface area contributed by atoms with Crippen molar-refractivity contribution in [2.45, 2.75) is 26.8 Å². The van der Waals surface area contributed by atoms with Gasteiger partial charge in [0.2, 0.25) is 0 Å². The number of aromatic nitrogens is 2. The Balaban J connectivity index is 2.07. The third-order valence-corrected chi connectivity index (χ3v) is 2.77. The molecule has 0 bridgehead atoms. The smallest absolute Gasteiger partial charge is 0.121 e. The monoisotopic (exact) mass is 259 g/mol. The predicted molar refractivity (Wildman–Crippen MR) is 76.7 cm³/mol. The van der Waals surface area contributed by atoms with E-state index in [0.29, 0.717) is 6.61 Å². The first-order valence-electron chi connectivity index (χ1n) is 6.82. The van der Waals surface area contributed by atoms with Crippen LogP contribution in [0.2, 0.25) is 0 Å². The summed E-state index contributed by atoms with van der Waals surface area (Å²) in [5.41, 5.74) is 2.07. The molecule has 4 heteroatoms. The Hall–Kier alpha value is -1.81. The Kier molecular flexibility index (Phi) is 4.98. The lowest BCUT2D eigenvalue weighted by Crippen LogP contribution is -2.14. The SMILES string of the molecule is CCCNCc1ccn(-c2cccc(OCC)c2)n1. The van der Waals surface area contributed by atoms with Gasteiger partial charge in [0.1, 0.15) is 5.75 Å². The summed E-state index contributed by atoms with van der Waals surface area (Å²) in [6.45, 7) is 6.65. The topological polar surface area (TPSA) is 39.1 Å². The number of nitrogens with one attached hydrogen (secondary N) is 1. The highest BCUT2D eigenvalue weighted by molar-refractivity contribution is 5.38. The summed E-state index contributed by atoms with van der Waals surface area (Å²) in [5, 5.41) is 7.90. The molecule has 0 aliphatic heterocycles. The summed E-state index contributed by atoms with van der Waals surface area (Å²) in [6.07, 6.45) is 3.12. The molecule has 1 heterocycles. The van der Waals surface area contributed by atoms with Crippen LogP contribution in [-0.4, -0.2) is 22.9 Å². The third-order valence-electron chi connectivity index (χ3n) is 2.77. The van der Waals surface area contributed by atoms with Crippen LogP contribution in [-0.2, 0) is 6.54 Å². The number of nitrogens with zero attached hydrogens (tertiary/aromatic N) is 2. The molecule has 1 aromatic carbocycles. The largest absolute Gasteiger partial charge is 0.494 e. The normalized spacial score (nSPS) is 10.6. The molecule has 1 aromatic heterocycles. The van der Waals surface area contributed by atoms with Crippen molar-refractivity contribution in [3.8, 4) is 11.4 Å². The first-order valence-corrected chi connectivity index (χ1v) is 6.82.